The first kappa shape index (κ1) is 26.8. The number of aliphatic carboxylic acids is 1. The number of carbonyl (C=O) groups excluding carboxylic acids is 5. The van der Waals surface area contributed by atoms with Gasteiger partial charge in [0.1, 0.15) is 12.1 Å². The number of aromatic amines is 1. The van der Waals surface area contributed by atoms with Gasteiger partial charge < -0.3 is 43.2 Å². The van der Waals surface area contributed by atoms with E-state index in [0.29, 0.717) is 5.56 Å². The molecule has 188 valence electrons. The van der Waals surface area contributed by atoms with Crippen molar-refractivity contribution in [3.63, 3.8) is 0 Å². The summed E-state index contributed by atoms with van der Waals surface area (Å²) in [6.07, 6.45) is 0.497. The Kier molecular flexibility index (Phi) is 9.28. The fraction of sp³-hybridized carbons (Fsp3) is 0.333. The molecule has 0 saturated heterocycles. The Morgan fingerprint density at radius 3 is 2.20 bits per heavy atom. The summed E-state index contributed by atoms with van der Waals surface area (Å²) in [7, 11) is 0. The summed E-state index contributed by atoms with van der Waals surface area (Å²) in [5.41, 5.74) is 17.0. The second-order valence-electron chi connectivity index (χ2n) is 7.75. The summed E-state index contributed by atoms with van der Waals surface area (Å²) in [6.45, 7) is -0.633. The van der Waals surface area contributed by atoms with E-state index in [0.717, 1.165) is 10.9 Å². The Labute approximate surface area is 198 Å². The second kappa shape index (κ2) is 12.1. The molecule has 0 aliphatic rings. The SMILES string of the molecule is NC(=O)CC(N)C(=O)NCC(=O)NC(CC(N)=O)C(=O)NC(Cc1c[nH]c2ccccc12)C(=O)O. The molecule has 0 spiro atoms. The number of carbonyl (C=O) groups is 6. The average molecular weight is 489 g/mol. The van der Waals surface area contributed by atoms with E-state index >= 15 is 0 Å². The number of primary amides is 2. The third-order valence-electron chi connectivity index (χ3n) is 4.95. The van der Waals surface area contributed by atoms with Crippen molar-refractivity contribution in [1.29, 1.82) is 0 Å². The number of hydrogen-bond acceptors (Lipinski definition) is 7. The Balaban J connectivity index is 2.03. The van der Waals surface area contributed by atoms with E-state index in [9.17, 15) is 33.9 Å². The largest absolute Gasteiger partial charge is 0.480 e. The van der Waals surface area contributed by atoms with E-state index in [4.69, 9.17) is 17.2 Å². The zero-order chi connectivity index (χ0) is 26.1. The Hall–Kier alpha value is -4.46. The van der Waals surface area contributed by atoms with Crippen LogP contribution in [0.25, 0.3) is 10.9 Å². The summed E-state index contributed by atoms with van der Waals surface area (Å²) >= 11 is 0. The van der Waals surface area contributed by atoms with Crippen LogP contribution in [-0.4, -0.2) is 70.3 Å². The van der Waals surface area contributed by atoms with Crippen molar-refractivity contribution in [3.05, 3.63) is 36.0 Å². The van der Waals surface area contributed by atoms with E-state index < -0.39 is 73.0 Å². The first-order valence-corrected chi connectivity index (χ1v) is 10.4. The molecule has 0 fully saturated rings. The molecule has 0 bridgehead atoms. The Morgan fingerprint density at radius 1 is 0.914 bits per heavy atom. The van der Waals surface area contributed by atoms with Gasteiger partial charge >= 0.3 is 5.97 Å². The third kappa shape index (κ3) is 8.12. The smallest absolute Gasteiger partial charge is 0.326 e. The number of fused-ring (bicyclic) bond motifs is 1. The molecule has 11 N–H and O–H groups in total. The number of carboxylic acids is 1. The molecule has 35 heavy (non-hydrogen) atoms. The Morgan fingerprint density at radius 2 is 1.57 bits per heavy atom. The molecular weight excluding hydrogens is 462 g/mol. The highest BCUT2D eigenvalue weighted by atomic mass is 16.4. The van der Waals surface area contributed by atoms with E-state index in [-0.39, 0.29) is 6.42 Å². The minimum Gasteiger partial charge on any atom is -0.480 e. The maximum absolute atomic E-state index is 12.7. The van der Waals surface area contributed by atoms with E-state index in [1.807, 2.05) is 12.1 Å². The van der Waals surface area contributed by atoms with Crippen LogP contribution in [0.5, 0.6) is 0 Å². The molecule has 2 aromatic rings. The highest BCUT2D eigenvalue weighted by Gasteiger charge is 2.29. The maximum Gasteiger partial charge on any atom is 0.326 e. The first-order valence-electron chi connectivity index (χ1n) is 10.4. The zero-order valence-corrected chi connectivity index (χ0v) is 18.6. The fourth-order valence-electron chi connectivity index (χ4n) is 3.26. The average Bonchev–Trinajstić information content (AvgIpc) is 3.18. The normalized spacial score (nSPS) is 13.3. The van der Waals surface area contributed by atoms with Gasteiger partial charge in [-0.2, -0.15) is 0 Å². The number of amides is 5. The molecule has 0 aliphatic heterocycles. The lowest BCUT2D eigenvalue weighted by Gasteiger charge is -2.21. The van der Waals surface area contributed by atoms with E-state index in [2.05, 4.69) is 20.9 Å². The van der Waals surface area contributed by atoms with Crippen LogP contribution in [0, 0.1) is 0 Å². The van der Waals surface area contributed by atoms with Gasteiger partial charge in [0.05, 0.1) is 25.4 Å². The van der Waals surface area contributed by atoms with Gasteiger partial charge in [-0.25, -0.2) is 4.79 Å². The van der Waals surface area contributed by atoms with Crippen LogP contribution in [0.3, 0.4) is 0 Å². The van der Waals surface area contributed by atoms with Crippen LogP contribution in [-0.2, 0) is 35.2 Å². The molecule has 1 aromatic heterocycles. The molecule has 0 saturated carbocycles. The van der Waals surface area contributed by atoms with Crippen LogP contribution < -0.4 is 33.2 Å². The van der Waals surface area contributed by atoms with Crippen LogP contribution in [0.2, 0.25) is 0 Å². The summed E-state index contributed by atoms with van der Waals surface area (Å²) in [5.74, 6) is -5.74. The number of nitrogens with one attached hydrogen (secondary N) is 4. The van der Waals surface area contributed by atoms with Gasteiger partial charge in [-0.05, 0) is 11.6 Å². The number of nitrogens with two attached hydrogens (primary N) is 3. The van der Waals surface area contributed by atoms with Crippen LogP contribution in [0.1, 0.15) is 18.4 Å². The number of aromatic nitrogens is 1. The number of rotatable bonds is 13. The van der Waals surface area contributed by atoms with Gasteiger partial charge in [0, 0.05) is 23.5 Å². The quantitative estimate of drug-likeness (QED) is 0.143. The molecule has 3 unspecified atom stereocenters. The molecule has 1 heterocycles. The zero-order valence-electron chi connectivity index (χ0n) is 18.6. The van der Waals surface area contributed by atoms with Gasteiger partial charge in [0.15, 0.2) is 0 Å². The topological polar surface area (TPSA) is 253 Å². The maximum atomic E-state index is 12.7. The lowest BCUT2D eigenvalue weighted by molar-refractivity contribution is -0.142. The molecule has 5 amide bonds. The number of benzene rings is 1. The van der Waals surface area contributed by atoms with Crippen molar-refractivity contribution < 1.29 is 33.9 Å². The predicted octanol–water partition coefficient (Wildman–Crippen LogP) is -3.04. The Bertz CT molecular complexity index is 1130. The lowest BCUT2D eigenvalue weighted by Crippen LogP contribution is -2.55. The van der Waals surface area contributed by atoms with Crippen molar-refractivity contribution in [1.82, 2.24) is 20.9 Å². The van der Waals surface area contributed by atoms with E-state index in [1.54, 1.807) is 18.3 Å². The molecule has 0 aliphatic carbocycles. The third-order valence-corrected chi connectivity index (χ3v) is 4.95. The minimum atomic E-state index is -1.50. The van der Waals surface area contributed by atoms with Crippen molar-refractivity contribution in [3.8, 4) is 0 Å². The standard InChI is InChI=1S/C21H27N7O7/c22-12(6-16(23)29)19(32)26-9-18(31)27-14(7-17(24)30)20(33)28-15(21(34)35)5-10-8-25-13-4-2-1-3-11(10)13/h1-4,8,12,14-15,25H,5-7,9,22H2,(H2,23,29)(H2,24,30)(H,26,32)(H,27,31)(H,28,33)(H,34,35). The molecule has 1 aromatic carbocycles. The fourth-order valence-corrected chi connectivity index (χ4v) is 3.26. The van der Waals surface area contributed by atoms with Gasteiger partial charge in [0.25, 0.3) is 0 Å². The lowest BCUT2D eigenvalue weighted by atomic mass is 10.0. The van der Waals surface area contributed by atoms with Gasteiger partial charge in [0.2, 0.25) is 29.5 Å². The number of H-pyrrole nitrogens is 1. The monoisotopic (exact) mass is 489 g/mol. The van der Waals surface area contributed by atoms with Crippen LogP contribution in [0.15, 0.2) is 30.5 Å². The van der Waals surface area contributed by atoms with Gasteiger partial charge in [-0.1, -0.05) is 18.2 Å². The molecule has 0 radical (unpaired) electrons. The molecule has 14 nitrogen and oxygen atoms in total. The highest BCUT2D eigenvalue weighted by Crippen LogP contribution is 2.19. The summed E-state index contributed by atoms with van der Waals surface area (Å²) in [4.78, 5) is 73.8. The van der Waals surface area contributed by atoms with Crippen molar-refractivity contribution in [2.75, 3.05) is 6.54 Å². The van der Waals surface area contributed by atoms with Crippen LogP contribution >= 0.6 is 0 Å². The number of carboxylic acid groups (broad SMARTS) is 1. The minimum absolute atomic E-state index is 0.0733. The van der Waals surface area contributed by atoms with Crippen molar-refractivity contribution >= 4 is 46.4 Å². The number of hydrogen-bond donors (Lipinski definition) is 8. The van der Waals surface area contributed by atoms with Crippen molar-refractivity contribution in [2.24, 2.45) is 17.2 Å². The predicted molar refractivity (Wildman–Crippen MR) is 122 cm³/mol. The van der Waals surface area contributed by atoms with Gasteiger partial charge in [-0.3, -0.25) is 24.0 Å². The van der Waals surface area contributed by atoms with Crippen LogP contribution in [0.4, 0.5) is 0 Å². The van der Waals surface area contributed by atoms with Crippen molar-refractivity contribution in [2.45, 2.75) is 37.4 Å². The van der Waals surface area contributed by atoms with Gasteiger partial charge in [-0.15, -0.1) is 0 Å². The molecule has 14 heteroatoms. The molecule has 2 rings (SSSR count). The highest BCUT2D eigenvalue weighted by molar-refractivity contribution is 5.95. The summed E-state index contributed by atoms with van der Waals surface area (Å²) in [6, 6.07) is 3.05. The number of para-hydroxylation sites is 1. The molecule has 3 atom stereocenters. The summed E-state index contributed by atoms with van der Waals surface area (Å²) < 4.78 is 0. The second-order valence-corrected chi connectivity index (χ2v) is 7.75. The molecular formula is C21H27N7O7. The van der Waals surface area contributed by atoms with E-state index in [1.165, 1.54) is 0 Å². The summed E-state index contributed by atoms with van der Waals surface area (Å²) in [5, 5.41) is 17.1. The first-order chi connectivity index (χ1) is 16.5.